The number of anilines is 2. The maximum atomic E-state index is 14.2. The lowest BCUT2D eigenvalue weighted by Gasteiger charge is -2.39. The molecular formula is C24H19Cl2FN2O2S. The van der Waals surface area contributed by atoms with Gasteiger partial charge in [0.15, 0.2) is 0 Å². The first-order valence-electron chi connectivity index (χ1n) is 9.77. The number of benzene rings is 2. The van der Waals surface area contributed by atoms with Crippen LogP contribution >= 0.6 is 34.5 Å². The zero-order valence-electron chi connectivity index (χ0n) is 17.3. The van der Waals surface area contributed by atoms with Gasteiger partial charge in [-0.05, 0) is 55.3 Å². The van der Waals surface area contributed by atoms with E-state index < -0.39 is 11.2 Å². The van der Waals surface area contributed by atoms with Crippen LogP contribution in [0.4, 0.5) is 15.1 Å². The lowest BCUT2D eigenvalue weighted by molar-refractivity contribution is -0.107. The molecule has 1 aliphatic heterocycles. The molecule has 0 bridgehead atoms. The van der Waals surface area contributed by atoms with Gasteiger partial charge >= 0.3 is 0 Å². The fourth-order valence-electron chi connectivity index (χ4n) is 4.30. The molecule has 4 rings (SSSR count). The fraction of sp³-hybridized carbons (Fsp3) is 0.167. The van der Waals surface area contributed by atoms with Gasteiger partial charge in [0.05, 0.1) is 20.7 Å². The van der Waals surface area contributed by atoms with Crippen LogP contribution in [0.3, 0.4) is 0 Å². The Morgan fingerprint density at radius 2 is 1.97 bits per heavy atom. The third kappa shape index (κ3) is 3.52. The van der Waals surface area contributed by atoms with Crippen LogP contribution in [-0.2, 0) is 10.2 Å². The summed E-state index contributed by atoms with van der Waals surface area (Å²) in [5.41, 5.74) is 9.15. The SMILES string of the molecule is CC1=C(CC=O)C(C)(c2cccc(F)c2)c2c(sc(C(=O)c3ccc(Cl)c(Cl)c3)c2N)N1. The number of nitrogens with two attached hydrogens (primary N) is 1. The summed E-state index contributed by atoms with van der Waals surface area (Å²) in [6.45, 7) is 3.76. The van der Waals surface area contributed by atoms with E-state index in [1.165, 1.54) is 29.5 Å². The smallest absolute Gasteiger partial charge is 0.205 e. The van der Waals surface area contributed by atoms with Crippen molar-refractivity contribution in [3.8, 4) is 0 Å². The zero-order valence-corrected chi connectivity index (χ0v) is 19.6. The van der Waals surface area contributed by atoms with Crippen molar-refractivity contribution in [3.05, 3.63) is 91.2 Å². The number of rotatable bonds is 5. The van der Waals surface area contributed by atoms with Crippen molar-refractivity contribution < 1.29 is 14.0 Å². The Bertz CT molecular complexity index is 1300. The summed E-state index contributed by atoms with van der Waals surface area (Å²) in [6.07, 6.45) is 0.948. The van der Waals surface area contributed by atoms with Crippen molar-refractivity contribution in [1.29, 1.82) is 0 Å². The monoisotopic (exact) mass is 488 g/mol. The molecule has 1 aromatic heterocycles. The van der Waals surface area contributed by atoms with Gasteiger partial charge in [-0.25, -0.2) is 4.39 Å². The molecule has 3 aromatic rings. The van der Waals surface area contributed by atoms with Gasteiger partial charge in [-0.1, -0.05) is 35.3 Å². The lowest BCUT2D eigenvalue weighted by Crippen LogP contribution is -2.33. The van der Waals surface area contributed by atoms with Crippen molar-refractivity contribution in [1.82, 2.24) is 0 Å². The van der Waals surface area contributed by atoms with Gasteiger partial charge in [0, 0.05) is 28.7 Å². The summed E-state index contributed by atoms with van der Waals surface area (Å²) in [7, 11) is 0. The number of carbonyl (C=O) groups excluding carboxylic acids is 2. The summed E-state index contributed by atoms with van der Waals surface area (Å²) in [5.74, 6) is -0.689. The van der Waals surface area contributed by atoms with Crippen LogP contribution in [0.25, 0.3) is 0 Å². The number of aldehydes is 1. The third-order valence-corrected chi connectivity index (χ3v) is 7.74. The standard InChI is InChI=1S/C24H19Cl2FN2O2S/c1-12-16(8-9-30)24(2,14-4-3-5-15(27)11-14)19-20(28)22(32-23(19)29-12)21(31)13-6-7-17(25)18(26)10-13/h3-7,9-11,29H,8,28H2,1-2H3. The second kappa shape index (κ2) is 8.35. The quantitative estimate of drug-likeness (QED) is 0.313. The van der Waals surface area contributed by atoms with E-state index in [-0.39, 0.29) is 22.9 Å². The molecule has 8 heteroatoms. The van der Waals surface area contributed by atoms with E-state index in [2.05, 4.69) is 5.32 Å². The molecule has 0 saturated carbocycles. The normalized spacial score (nSPS) is 17.7. The number of fused-ring (bicyclic) bond motifs is 1. The van der Waals surface area contributed by atoms with E-state index in [1.54, 1.807) is 24.3 Å². The molecule has 0 saturated heterocycles. The van der Waals surface area contributed by atoms with E-state index >= 15 is 0 Å². The average molecular weight is 489 g/mol. The van der Waals surface area contributed by atoms with E-state index in [0.29, 0.717) is 31.6 Å². The topological polar surface area (TPSA) is 72.2 Å². The minimum atomic E-state index is -0.898. The summed E-state index contributed by atoms with van der Waals surface area (Å²) in [4.78, 5) is 25.2. The van der Waals surface area contributed by atoms with E-state index in [4.69, 9.17) is 28.9 Å². The summed E-state index contributed by atoms with van der Waals surface area (Å²) in [6, 6.07) is 10.9. The van der Waals surface area contributed by atoms with Crippen LogP contribution < -0.4 is 11.1 Å². The van der Waals surface area contributed by atoms with Crippen molar-refractivity contribution >= 4 is 57.3 Å². The first kappa shape index (κ1) is 22.5. The number of carbonyl (C=O) groups is 2. The minimum Gasteiger partial charge on any atom is -0.397 e. The van der Waals surface area contributed by atoms with Gasteiger partial charge in [0.2, 0.25) is 5.78 Å². The predicted molar refractivity (Wildman–Crippen MR) is 128 cm³/mol. The minimum absolute atomic E-state index is 0.136. The fourth-order valence-corrected chi connectivity index (χ4v) is 5.84. The second-order valence-electron chi connectivity index (χ2n) is 7.74. The van der Waals surface area contributed by atoms with Crippen molar-refractivity contribution in [2.24, 2.45) is 0 Å². The second-order valence-corrected chi connectivity index (χ2v) is 9.58. The van der Waals surface area contributed by atoms with Crippen LogP contribution in [0.1, 0.15) is 46.6 Å². The summed E-state index contributed by atoms with van der Waals surface area (Å²) < 4.78 is 14.2. The van der Waals surface area contributed by atoms with Gasteiger partial charge in [0.25, 0.3) is 0 Å². The lowest BCUT2D eigenvalue weighted by atomic mass is 9.67. The summed E-state index contributed by atoms with van der Waals surface area (Å²) >= 11 is 13.3. The van der Waals surface area contributed by atoms with Gasteiger partial charge in [-0.2, -0.15) is 0 Å². The Balaban J connectivity index is 1.93. The zero-order chi connectivity index (χ0) is 23.2. The Kier molecular flexibility index (Phi) is 5.88. The van der Waals surface area contributed by atoms with E-state index in [1.807, 2.05) is 13.8 Å². The molecule has 2 aromatic carbocycles. The predicted octanol–water partition coefficient (Wildman–Crippen LogP) is 6.60. The summed E-state index contributed by atoms with van der Waals surface area (Å²) in [5, 5.41) is 4.59. The van der Waals surface area contributed by atoms with Gasteiger partial charge in [-0.3, -0.25) is 4.79 Å². The number of allylic oxidation sites excluding steroid dienone is 2. The molecule has 0 spiro atoms. The molecule has 32 heavy (non-hydrogen) atoms. The number of nitrogen functional groups attached to an aromatic ring is 1. The highest BCUT2D eigenvalue weighted by atomic mass is 35.5. The van der Waals surface area contributed by atoms with Crippen LogP contribution in [-0.4, -0.2) is 12.1 Å². The third-order valence-electron chi connectivity index (χ3n) is 5.88. The van der Waals surface area contributed by atoms with Crippen LogP contribution in [0.15, 0.2) is 53.7 Å². The molecule has 0 aliphatic carbocycles. The first-order valence-corrected chi connectivity index (χ1v) is 11.3. The van der Waals surface area contributed by atoms with Crippen molar-refractivity contribution in [2.45, 2.75) is 25.7 Å². The van der Waals surface area contributed by atoms with Crippen LogP contribution in [0, 0.1) is 5.82 Å². The highest BCUT2D eigenvalue weighted by Crippen LogP contribution is 2.54. The largest absolute Gasteiger partial charge is 0.397 e. The maximum Gasteiger partial charge on any atom is 0.205 e. The molecule has 1 atom stereocenters. The first-order chi connectivity index (χ1) is 15.2. The maximum absolute atomic E-state index is 14.2. The highest BCUT2D eigenvalue weighted by Gasteiger charge is 2.43. The Labute approximate surface area is 198 Å². The molecule has 1 aliphatic rings. The van der Waals surface area contributed by atoms with Crippen molar-refractivity contribution in [2.75, 3.05) is 11.1 Å². The molecule has 0 radical (unpaired) electrons. The molecule has 0 fully saturated rings. The number of ketones is 1. The van der Waals surface area contributed by atoms with E-state index in [9.17, 15) is 14.0 Å². The molecule has 164 valence electrons. The molecule has 4 nitrogen and oxygen atoms in total. The average Bonchev–Trinajstić information content (AvgIpc) is 3.09. The molecule has 2 heterocycles. The highest BCUT2D eigenvalue weighted by molar-refractivity contribution is 7.19. The number of thiophene rings is 1. The van der Waals surface area contributed by atoms with Gasteiger partial charge in [-0.15, -0.1) is 11.3 Å². The Morgan fingerprint density at radius 1 is 1.22 bits per heavy atom. The van der Waals surface area contributed by atoms with Crippen molar-refractivity contribution in [3.63, 3.8) is 0 Å². The Morgan fingerprint density at radius 3 is 2.62 bits per heavy atom. The van der Waals surface area contributed by atoms with Crippen LogP contribution in [0.2, 0.25) is 10.0 Å². The number of nitrogens with one attached hydrogen (secondary N) is 1. The Hall–Kier alpha value is -2.67. The number of hydrogen-bond acceptors (Lipinski definition) is 5. The van der Waals surface area contributed by atoms with Gasteiger partial charge in [0.1, 0.15) is 17.0 Å². The van der Waals surface area contributed by atoms with E-state index in [0.717, 1.165) is 17.6 Å². The molecule has 0 amide bonds. The molecule has 1 unspecified atom stereocenters. The van der Waals surface area contributed by atoms with Crippen LogP contribution in [0.5, 0.6) is 0 Å². The molecular weight excluding hydrogens is 470 g/mol. The molecule has 3 N–H and O–H groups in total. The van der Waals surface area contributed by atoms with Gasteiger partial charge < -0.3 is 15.8 Å². The number of hydrogen-bond donors (Lipinski definition) is 2. The number of halogens is 3.